The second kappa shape index (κ2) is 9.70. The molecule has 0 aliphatic rings. The summed E-state index contributed by atoms with van der Waals surface area (Å²) in [6.07, 6.45) is -4.44. The molecule has 6 nitrogen and oxygen atoms in total. The summed E-state index contributed by atoms with van der Waals surface area (Å²) < 4.78 is 41.3. The minimum atomic E-state index is -4.44. The van der Waals surface area contributed by atoms with E-state index in [0.29, 0.717) is 33.2 Å². The molecule has 3 heterocycles. The molecule has 0 radical (unpaired) electrons. The fourth-order valence-corrected chi connectivity index (χ4v) is 6.35. The lowest BCUT2D eigenvalue weighted by atomic mass is 10.0. The van der Waals surface area contributed by atoms with Crippen LogP contribution >= 0.6 is 23.1 Å². The second-order valence-corrected chi connectivity index (χ2v) is 11.4. The number of carboxylic acid groups (broad SMARTS) is 1. The van der Waals surface area contributed by atoms with Gasteiger partial charge in [-0.1, -0.05) is 37.3 Å². The number of carbonyl (C=O) groups is 1. The van der Waals surface area contributed by atoms with Gasteiger partial charge in [0.2, 0.25) is 5.13 Å². The van der Waals surface area contributed by atoms with E-state index in [1.807, 2.05) is 39.8 Å². The van der Waals surface area contributed by atoms with Crippen molar-refractivity contribution in [3.8, 4) is 27.5 Å². The molecule has 1 aromatic carbocycles. The Hall–Kier alpha value is -3.18. The lowest BCUT2D eigenvalue weighted by molar-refractivity contribution is -0.137. The third-order valence-electron chi connectivity index (χ3n) is 5.23. The first-order valence-electron chi connectivity index (χ1n) is 11.0. The molecule has 0 unspecified atom stereocenters. The van der Waals surface area contributed by atoms with E-state index in [1.54, 1.807) is 6.92 Å². The van der Waals surface area contributed by atoms with E-state index in [9.17, 15) is 23.1 Å². The van der Waals surface area contributed by atoms with Crippen LogP contribution in [-0.4, -0.2) is 36.1 Å². The molecule has 0 atom stereocenters. The summed E-state index contributed by atoms with van der Waals surface area (Å²) in [5.74, 6) is -1.16. The van der Waals surface area contributed by atoms with Crippen LogP contribution in [0, 0.1) is 20.8 Å². The van der Waals surface area contributed by atoms with Crippen molar-refractivity contribution < 1.29 is 23.1 Å². The van der Waals surface area contributed by atoms with Crippen molar-refractivity contribution in [2.45, 2.75) is 50.3 Å². The van der Waals surface area contributed by atoms with Crippen LogP contribution in [0.2, 0.25) is 0 Å². The number of hydrogen-bond acceptors (Lipinski definition) is 6. The number of aromatic nitrogens is 4. The highest BCUT2D eigenvalue weighted by atomic mass is 32.2. The average Bonchev–Trinajstić information content (AvgIpc) is 3.33. The molecular weight excluding hydrogens is 509 g/mol. The number of benzene rings is 1. The van der Waals surface area contributed by atoms with Crippen molar-refractivity contribution in [2.75, 3.05) is 0 Å². The minimum Gasteiger partial charge on any atom is -0.476 e. The molecule has 0 saturated heterocycles. The predicted molar refractivity (Wildman–Crippen MR) is 135 cm³/mol. The van der Waals surface area contributed by atoms with Gasteiger partial charge in [0.15, 0.2) is 5.69 Å². The lowest BCUT2D eigenvalue weighted by Gasteiger charge is -2.08. The zero-order chi connectivity index (χ0) is 26.4. The van der Waals surface area contributed by atoms with Crippen LogP contribution in [0.3, 0.4) is 0 Å². The number of thiazole rings is 1. The van der Waals surface area contributed by atoms with E-state index in [1.165, 1.54) is 39.9 Å². The maximum Gasteiger partial charge on any atom is 0.416 e. The van der Waals surface area contributed by atoms with Gasteiger partial charge < -0.3 is 5.11 Å². The van der Waals surface area contributed by atoms with Gasteiger partial charge in [0.25, 0.3) is 0 Å². The molecule has 36 heavy (non-hydrogen) atoms. The summed E-state index contributed by atoms with van der Waals surface area (Å²) in [5.41, 5.74) is 3.40. The Morgan fingerprint density at radius 1 is 1.03 bits per heavy atom. The lowest BCUT2D eigenvalue weighted by Crippen LogP contribution is -2.09. The quantitative estimate of drug-likeness (QED) is 0.265. The fraction of sp³-hybridized carbons (Fsp3) is 0.280. The second-order valence-electron chi connectivity index (χ2n) is 8.54. The third kappa shape index (κ3) is 5.17. The van der Waals surface area contributed by atoms with Crippen molar-refractivity contribution in [3.63, 3.8) is 0 Å². The summed E-state index contributed by atoms with van der Waals surface area (Å²) in [6, 6.07) is 8.42. The number of halogens is 3. The normalized spacial score (nSPS) is 11.9. The first kappa shape index (κ1) is 25.9. The van der Waals surface area contributed by atoms with Gasteiger partial charge in [-0.2, -0.15) is 23.0 Å². The largest absolute Gasteiger partial charge is 0.476 e. The Kier molecular flexibility index (Phi) is 6.98. The number of aryl methyl sites for hydroxylation is 3. The molecule has 4 aromatic rings. The Labute approximate surface area is 214 Å². The molecule has 4 rings (SSSR count). The molecule has 11 heteroatoms. The molecule has 3 aromatic heterocycles. The van der Waals surface area contributed by atoms with Crippen LogP contribution in [0.5, 0.6) is 0 Å². The molecule has 0 fully saturated rings. The van der Waals surface area contributed by atoms with Crippen LogP contribution in [0.1, 0.15) is 47.0 Å². The highest BCUT2D eigenvalue weighted by molar-refractivity contribution is 8.01. The highest BCUT2D eigenvalue weighted by Crippen LogP contribution is 2.41. The first-order chi connectivity index (χ1) is 16.8. The summed E-state index contributed by atoms with van der Waals surface area (Å²) in [6.45, 7) is 9.39. The van der Waals surface area contributed by atoms with E-state index < -0.39 is 17.7 Å². The average molecular weight is 533 g/mol. The topological polar surface area (TPSA) is 80.9 Å². The maximum atomic E-state index is 13.1. The minimum absolute atomic E-state index is 0.0358. The molecular formula is C25H23F3N4O2S2. The van der Waals surface area contributed by atoms with Crippen molar-refractivity contribution in [1.82, 2.24) is 19.7 Å². The molecule has 0 aliphatic carbocycles. The highest BCUT2D eigenvalue weighted by Gasteiger charge is 2.31. The molecule has 0 saturated carbocycles. The van der Waals surface area contributed by atoms with Crippen LogP contribution in [0.4, 0.5) is 13.2 Å². The van der Waals surface area contributed by atoms with Gasteiger partial charge in [-0.15, -0.1) is 11.8 Å². The zero-order valence-corrected chi connectivity index (χ0v) is 21.8. The standard InChI is InChI=1S/C25H23F3N4O2S2/c1-12(2)35-23-20(16-6-8-18(9-7-16)25(26,27)28)30-24(36-23)32-21(22(33)34)19(15(5)31-32)17-10-13(3)29-14(4)11-17/h6-12H,1-5H3,(H,33,34). The number of hydrogen-bond donors (Lipinski definition) is 1. The van der Waals surface area contributed by atoms with E-state index in [2.05, 4.69) is 15.1 Å². The molecule has 0 bridgehead atoms. The molecule has 1 N–H and O–H groups in total. The Bertz CT molecular complexity index is 1420. The van der Waals surface area contributed by atoms with Gasteiger partial charge >= 0.3 is 12.1 Å². The molecule has 0 aliphatic heterocycles. The van der Waals surface area contributed by atoms with Gasteiger partial charge in [-0.05, 0) is 50.6 Å². The van der Waals surface area contributed by atoms with Crippen molar-refractivity contribution in [3.05, 3.63) is 64.7 Å². The number of aromatic carboxylic acids is 1. The van der Waals surface area contributed by atoms with Gasteiger partial charge in [-0.3, -0.25) is 4.98 Å². The first-order valence-corrected chi connectivity index (χ1v) is 12.7. The van der Waals surface area contributed by atoms with Gasteiger partial charge in [0.1, 0.15) is 0 Å². The predicted octanol–water partition coefficient (Wildman–Crippen LogP) is 7.20. The number of nitrogens with zero attached hydrogens (tertiary/aromatic N) is 4. The third-order valence-corrected chi connectivity index (χ3v) is 7.47. The fourth-order valence-electron chi connectivity index (χ4n) is 3.87. The Morgan fingerprint density at radius 2 is 1.64 bits per heavy atom. The van der Waals surface area contributed by atoms with Gasteiger partial charge in [-0.25, -0.2) is 9.78 Å². The summed E-state index contributed by atoms with van der Waals surface area (Å²) in [7, 11) is 0. The summed E-state index contributed by atoms with van der Waals surface area (Å²) >= 11 is 2.76. The van der Waals surface area contributed by atoms with Gasteiger partial charge in [0, 0.05) is 27.8 Å². The summed E-state index contributed by atoms with van der Waals surface area (Å²) in [4.78, 5) is 21.5. The van der Waals surface area contributed by atoms with Crippen molar-refractivity contribution in [2.24, 2.45) is 0 Å². The number of carboxylic acids is 1. The zero-order valence-electron chi connectivity index (χ0n) is 20.1. The molecule has 188 valence electrons. The van der Waals surface area contributed by atoms with E-state index in [-0.39, 0.29) is 10.9 Å². The smallest absolute Gasteiger partial charge is 0.416 e. The molecule has 0 spiro atoms. The van der Waals surface area contributed by atoms with E-state index in [4.69, 9.17) is 0 Å². The van der Waals surface area contributed by atoms with E-state index in [0.717, 1.165) is 27.7 Å². The van der Waals surface area contributed by atoms with Crippen LogP contribution in [-0.2, 0) is 6.18 Å². The Morgan fingerprint density at radius 3 is 2.17 bits per heavy atom. The Balaban J connectivity index is 1.89. The van der Waals surface area contributed by atoms with Crippen LogP contribution in [0.15, 0.2) is 40.6 Å². The number of pyridine rings is 1. The monoisotopic (exact) mass is 532 g/mol. The number of rotatable bonds is 6. The SMILES string of the molecule is Cc1cc(-c2c(C)nn(-c3nc(-c4ccc(C(F)(F)F)cc4)c(SC(C)C)s3)c2C(=O)O)cc(C)n1. The molecule has 0 amide bonds. The number of alkyl halides is 3. The van der Waals surface area contributed by atoms with E-state index >= 15 is 0 Å². The summed E-state index contributed by atoms with van der Waals surface area (Å²) in [5, 5.41) is 15.2. The number of thioether (sulfide) groups is 1. The van der Waals surface area contributed by atoms with Crippen molar-refractivity contribution >= 4 is 29.1 Å². The van der Waals surface area contributed by atoms with Crippen LogP contribution < -0.4 is 0 Å². The van der Waals surface area contributed by atoms with Crippen molar-refractivity contribution in [1.29, 1.82) is 0 Å². The van der Waals surface area contributed by atoms with Crippen LogP contribution in [0.25, 0.3) is 27.5 Å². The maximum absolute atomic E-state index is 13.1. The van der Waals surface area contributed by atoms with Gasteiger partial charge in [0.05, 0.1) is 21.2 Å².